The van der Waals surface area contributed by atoms with Crippen LogP contribution in [0.2, 0.25) is 0 Å². The van der Waals surface area contributed by atoms with E-state index in [1.165, 1.54) is 0 Å². The van der Waals surface area contributed by atoms with Gasteiger partial charge in [0.1, 0.15) is 13.1 Å². The van der Waals surface area contributed by atoms with Crippen molar-refractivity contribution in [1.82, 2.24) is 10.2 Å². The molecule has 94 valence electrons. The first-order chi connectivity index (χ1) is 7.26. The average molecular weight is 244 g/mol. The van der Waals surface area contributed by atoms with Gasteiger partial charge in [-0.2, -0.15) is 13.2 Å². The minimum absolute atomic E-state index is 0.281. The Labute approximate surface area is 88.6 Å². The molecule has 0 aromatic carbocycles. The lowest BCUT2D eigenvalue weighted by Gasteiger charge is -2.22. The molecule has 0 aliphatic rings. The first-order valence-electron chi connectivity index (χ1n) is 4.18. The van der Waals surface area contributed by atoms with E-state index < -0.39 is 44.4 Å². The number of aliphatic carboxylic acids is 1. The molecule has 0 bridgehead atoms. The Kier molecular flexibility index (Phi) is 5.57. The van der Waals surface area contributed by atoms with Gasteiger partial charge < -0.3 is 20.4 Å². The van der Waals surface area contributed by atoms with Crippen LogP contribution in [0.4, 0.5) is 18.0 Å². The zero-order valence-electron chi connectivity index (χ0n) is 8.12. The fraction of sp³-hybridized carbons (Fsp3) is 0.714. The van der Waals surface area contributed by atoms with Gasteiger partial charge >= 0.3 is 18.2 Å². The Morgan fingerprint density at radius 3 is 2.25 bits per heavy atom. The lowest BCUT2D eigenvalue weighted by Crippen LogP contribution is -2.47. The normalized spacial score (nSPS) is 11.0. The number of halogens is 3. The van der Waals surface area contributed by atoms with Gasteiger partial charge in [-0.15, -0.1) is 0 Å². The van der Waals surface area contributed by atoms with E-state index >= 15 is 0 Å². The number of amides is 2. The van der Waals surface area contributed by atoms with Crippen LogP contribution in [-0.4, -0.2) is 59.5 Å². The van der Waals surface area contributed by atoms with Crippen molar-refractivity contribution in [2.75, 3.05) is 26.2 Å². The number of hydrogen-bond acceptors (Lipinski definition) is 3. The Hall–Kier alpha value is -1.51. The smallest absolute Gasteiger partial charge is 0.406 e. The second-order valence-corrected chi connectivity index (χ2v) is 2.81. The van der Waals surface area contributed by atoms with Crippen LogP contribution >= 0.6 is 0 Å². The molecule has 0 saturated heterocycles. The van der Waals surface area contributed by atoms with Crippen molar-refractivity contribution in [1.29, 1.82) is 0 Å². The summed E-state index contributed by atoms with van der Waals surface area (Å²) in [5.74, 6) is -1.37. The molecule has 0 aliphatic heterocycles. The highest BCUT2D eigenvalue weighted by Crippen LogP contribution is 2.16. The van der Waals surface area contributed by atoms with Crippen LogP contribution in [0, 0.1) is 0 Å². The second-order valence-electron chi connectivity index (χ2n) is 2.81. The number of alkyl halides is 3. The van der Waals surface area contributed by atoms with Crippen LogP contribution in [-0.2, 0) is 4.79 Å². The molecule has 0 aliphatic carbocycles. The monoisotopic (exact) mass is 244 g/mol. The van der Waals surface area contributed by atoms with Gasteiger partial charge in [0.15, 0.2) is 0 Å². The summed E-state index contributed by atoms with van der Waals surface area (Å²) in [5, 5.41) is 18.4. The predicted octanol–water partition coefficient (Wildman–Crippen LogP) is -0.363. The van der Waals surface area contributed by atoms with Gasteiger partial charge in [-0.3, -0.25) is 4.79 Å². The predicted molar refractivity (Wildman–Crippen MR) is 45.7 cm³/mol. The largest absolute Gasteiger partial charge is 0.480 e. The number of carboxylic acids is 1. The summed E-state index contributed by atoms with van der Waals surface area (Å²) >= 11 is 0. The Bertz CT molecular complexity index is 257. The zero-order valence-corrected chi connectivity index (χ0v) is 8.12. The van der Waals surface area contributed by atoms with E-state index in [1.54, 1.807) is 5.32 Å². The van der Waals surface area contributed by atoms with Crippen molar-refractivity contribution in [3.63, 3.8) is 0 Å². The Balaban J connectivity index is 4.29. The molecule has 16 heavy (non-hydrogen) atoms. The third kappa shape index (κ3) is 6.87. The van der Waals surface area contributed by atoms with E-state index in [0.717, 1.165) is 0 Å². The lowest BCUT2D eigenvalue weighted by molar-refractivity contribution is -0.140. The number of carbonyl (C=O) groups is 2. The summed E-state index contributed by atoms with van der Waals surface area (Å²) in [4.78, 5) is 21.4. The van der Waals surface area contributed by atoms with Gasteiger partial charge in [0, 0.05) is 6.54 Å². The van der Waals surface area contributed by atoms with Crippen molar-refractivity contribution in [2.45, 2.75) is 6.18 Å². The molecule has 2 amide bonds. The van der Waals surface area contributed by atoms with Crippen molar-refractivity contribution in [2.24, 2.45) is 0 Å². The van der Waals surface area contributed by atoms with Crippen LogP contribution in [0.5, 0.6) is 0 Å². The van der Waals surface area contributed by atoms with Crippen LogP contribution < -0.4 is 5.32 Å². The first kappa shape index (κ1) is 14.5. The quantitative estimate of drug-likeness (QED) is 0.616. The molecular formula is C7H11F3N2O4. The SMILES string of the molecule is O=C(O)CNC(=O)N(CCO)CC(F)(F)F. The minimum atomic E-state index is -4.60. The number of urea groups is 1. The molecule has 0 radical (unpaired) electrons. The first-order valence-corrected chi connectivity index (χ1v) is 4.18. The van der Waals surface area contributed by atoms with Gasteiger partial charge in [0.2, 0.25) is 0 Å². The van der Waals surface area contributed by atoms with Crippen molar-refractivity contribution in [3.05, 3.63) is 0 Å². The third-order valence-corrected chi connectivity index (χ3v) is 1.42. The van der Waals surface area contributed by atoms with Crippen LogP contribution in [0.3, 0.4) is 0 Å². The lowest BCUT2D eigenvalue weighted by atomic mass is 10.5. The van der Waals surface area contributed by atoms with E-state index in [-0.39, 0.29) is 4.90 Å². The maximum Gasteiger partial charge on any atom is 0.406 e. The summed E-state index contributed by atoms with van der Waals surface area (Å²) < 4.78 is 35.9. The van der Waals surface area contributed by atoms with E-state index in [0.29, 0.717) is 0 Å². The number of carboxylic acid groups (broad SMARTS) is 1. The number of hydrogen-bond donors (Lipinski definition) is 3. The summed E-state index contributed by atoms with van der Waals surface area (Å²) in [6.45, 7) is -3.49. The molecular weight excluding hydrogens is 233 g/mol. The molecule has 0 heterocycles. The van der Waals surface area contributed by atoms with Gasteiger partial charge in [-0.1, -0.05) is 0 Å². The number of carbonyl (C=O) groups excluding carboxylic acids is 1. The van der Waals surface area contributed by atoms with Gasteiger partial charge in [-0.25, -0.2) is 4.79 Å². The minimum Gasteiger partial charge on any atom is -0.480 e. The highest BCUT2D eigenvalue weighted by molar-refractivity contribution is 5.79. The number of aliphatic hydroxyl groups is 1. The molecule has 0 rings (SSSR count). The molecule has 3 N–H and O–H groups in total. The number of aliphatic hydroxyl groups excluding tert-OH is 1. The molecule has 0 aromatic heterocycles. The number of nitrogens with one attached hydrogen (secondary N) is 1. The summed E-state index contributed by atoms with van der Waals surface area (Å²) in [5.41, 5.74) is 0. The van der Waals surface area contributed by atoms with Crippen LogP contribution in [0.25, 0.3) is 0 Å². The van der Waals surface area contributed by atoms with E-state index in [9.17, 15) is 22.8 Å². The van der Waals surface area contributed by atoms with E-state index in [1.807, 2.05) is 0 Å². The highest BCUT2D eigenvalue weighted by Gasteiger charge is 2.32. The molecule has 0 atom stereocenters. The van der Waals surface area contributed by atoms with Crippen molar-refractivity contribution in [3.8, 4) is 0 Å². The molecule has 0 spiro atoms. The maximum absolute atomic E-state index is 12.0. The van der Waals surface area contributed by atoms with Crippen LogP contribution in [0.15, 0.2) is 0 Å². The van der Waals surface area contributed by atoms with Crippen LogP contribution in [0.1, 0.15) is 0 Å². The standard InChI is InChI=1S/C7H11F3N2O4/c8-7(9,10)4-12(1-2-13)6(16)11-3-5(14)15/h13H,1-4H2,(H,11,16)(H,14,15). The Morgan fingerprint density at radius 2 is 1.88 bits per heavy atom. The summed E-state index contributed by atoms with van der Waals surface area (Å²) in [7, 11) is 0. The van der Waals surface area contributed by atoms with Crippen molar-refractivity contribution < 1.29 is 33.0 Å². The molecule has 0 fully saturated rings. The molecule has 0 unspecified atom stereocenters. The van der Waals surface area contributed by atoms with Gasteiger partial charge in [-0.05, 0) is 0 Å². The Morgan fingerprint density at radius 1 is 1.31 bits per heavy atom. The highest BCUT2D eigenvalue weighted by atomic mass is 19.4. The maximum atomic E-state index is 12.0. The molecule has 9 heteroatoms. The number of rotatable bonds is 5. The summed E-state index contributed by atoms with van der Waals surface area (Å²) in [6.07, 6.45) is -4.60. The fourth-order valence-electron chi connectivity index (χ4n) is 0.853. The zero-order chi connectivity index (χ0) is 12.8. The average Bonchev–Trinajstić information content (AvgIpc) is 2.11. The topological polar surface area (TPSA) is 89.9 Å². The van der Waals surface area contributed by atoms with E-state index in [2.05, 4.69) is 0 Å². The molecule has 6 nitrogen and oxygen atoms in total. The second kappa shape index (κ2) is 6.16. The third-order valence-electron chi connectivity index (χ3n) is 1.42. The fourth-order valence-corrected chi connectivity index (χ4v) is 0.853. The van der Waals surface area contributed by atoms with Gasteiger partial charge in [0.25, 0.3) is 0 Å². The van der Waals surface area contributed by atoms with Crippen molar-refractivity contribution >= 4 is 12.0 Å². The molecule has 0 saturated carbocycles. The van der Waals surface area contributed by atoms with E-state index in [4.69, 9.17) is 10.2 Å². The number of nitrogens with zero attached hydrogens (tertiary/aromatic N) is 1. The summed E-state index contributed by atoms with van der Waals surface area (Å²) in [6, 6.07) is -1.19. The van der Waals surface area contributed by atoms with Gasteiger partial charge in [0.05, 0.1) is 6.61 Å². The molecule has 0 aromatic rings.